The summed E-state index contributed by atoms with van der Waals surface area (Å²) in [7, 11) is 0. The Morgan fingerprint density at radius 3 is 3.10 bits per heavy atom. The Morgan fingerprint density at radius 2 is 2.35 bits per heavy atom. The summed E-state index contributed by atoms with van der Waals surface area (Å²) in [5.41, 5.74) is 0.836. The topological polar surface area (TPSA) is 81.6 Å². The number of hydrogen-bond donors (Lipinski definition) is 0. The molecule has 7 nitrogen and oxygen atoms in total. The molecule has 106 valence electrons. The summed E-state index contributed by atoms with van der Waals surface area (Å²) in [4.78, 5) is 34.4. The standard InChI is InChI=1S/C13H15N3O4/c1-3-19-13(18)8-4-16-7(2)5-20-12-10(16)9(11(8)17)14-6-15-12/h6-8H,3-5H2,1-2H3. The maximum Gasteiger partial charge on any atom is 0.318 e. The number of carbonyl (C=O) groups excluding carboxylic acids is 2. The zero-order valence-corrected chi connectivity index (χ0v) is 11.3. The van der Waals surface area contributed by atoms with Crippen molar-refractivity contribution in [2.75, 3.05) is 24.7 Å². The number of esters is 1. The minimum Gasteiger partial charge on any atom is -0.474 e. The summed E-state index contributed by atoms with van der Waals surface area (Å²) in [5, 5.41) is 0. The Balaban J connectivity index is 2.04. The molecule has 0 N–H and O–H groups in total. The minimum atomic E-state index is -0.828. The first kappa shape index (κ1) is 12.8. The minimum absolute atomic E-state index is 0.0530. The summed E-state index contributed by atoms with van der Waals surface area (Å²) < 4.78 is 10.5. The number of rotatable bonds is 2. The smallest absolute Gasteiger partial charge is 0.318 e. The average Bonchev–Trinajstić information content (AvgIpc) is 2.45. The number of ether oxygens (including phenoxy) is 2. The van der Waals surface area contributed by atoms with Gasteiger partial charge < -0.3 is 14.4 Å². The van der Waals surface area contributed by atoms with Crippen molar-refractivity contribution in [2.45, 2.75) is 19.9 Å². The maximum absolute atomic E-state index is 12.4. The highest BCUT2D eigenvalue weighted by molar-refractivity contribution is 6.13. The third kappa shape index (κ3) is 1.81. The third-order valence-electron chi connectivity index (χ3n) is 3.57. The van der Waals surface area contributed by atoms with Crippen LogP contribution in [0.2, 0.25) is 0 Å². The van der Waals surface area contributed by atoms with Crippen LogP contribution in [0.15, 0.2) is 6.33 Å². The molecule has 2 unspecified atom stereocenters. The van der Waals surface area contributed by atoms with E-state index < -0.39 is 11.9 Å². The molecule has 2 aliphatic rings. The molecule has 0 aliphatic carbocycles. The average molecular weight is 277 g/mol. The first-order valence-electron chi connectivity index (χ1n) is 6.58. The predicted molar refractivity (Wildman–Crippen MR) is 68.8 cm³/mol. The highest BCUT2D eigenvalue weighted by Crippen LogP contribution is 2.39. The summed E-state index contributed by atoms with van der Waals surface area (Å²) in [5.74, 6) is -1.24. The highest BCUT2D eigenvalue weighted by Gasteiger charge is 2.43. The van der Waals surface area contributed by atoms with E-state index in [1.807, 2.05) is 11.8 Å². The number of carbonyl (C=O) groups is 2. The second-order valence-corrected chi connectivity index (χ2v) is 4.86. The van der Waals surface area contributed by atoms with Crippen molar-refractivity contribution >= 4 is 17.4 Å². The Bertz CT molecular complexity index is 575. The molecule has 0 spiro atoms. The van der Waals surface area contributed by atoms with Crippen molar-refractivity contribution < 1.29 is 19.1 Å². The first-order valence-corrected chi connectivity index (χ1v) is 6.58. The number of hydrogen-bond acceptors (Lipinski definition) is 7. The van der Waals surface area contributed by atoms with Gasteiger partial charge >= 0.3 is 5.97 Å². The number of ketones is 1. The number of nitrogens with zero attached hydrogens (tertiary/aromatic N) is 3. The molecule has 0 fully saturated rings. The van der Waals surface area contributed by atoms with Crippen molar-refractivity contribution in [3.8, 4) is 5.88 Å². The highest BCUT2D eigenvalue weighted by atomic mass is 16.5. The van der Waals surface area contributed by atoms with Crippen LogP contribution in [0.5, 0.6) is 5.88 Å². The van der Waals surface area contributed by atoms with Gasteiger partial charge in [-0.3, -0.25) is 9.59 Å². The van der Waals surface area contributed by atoms with E-state index in [1.165, 1.54) is 6.33 Å². The SMILES string of the molecule is CCOC(=O)C1CN2c3c(ncnc3C1=O)OCC2C. The molecule has 20 heavy (non-hydrogen) atoms. The van der Waals surface area contributed by atoms with Crippen molar-refractivity contribution in [3.05, 3.63) is 12.0 Å². The van der Waals surface area contributed by atoms with Crippen molar-refractivity contribution in [2.24, 2.45) is 5.92 Å². The van der Waals surface area contributed by atoms with Crippen molar-refractivity contribution in [1.29, 1.82) is 0 Å². The normalized spacial score (nSPS) is 23.9. The van der Waals surface area contributed by atoms with Crippen LogP contribution >= 0.6 is 0 Å². The molecule has 1 aromatic heterocycles. The van der Waals surface area contributed by atoms with Crippen LogP contribution in [0.25, 0.3) is 0 Å². The molecule has 0 aromatic carbocycles. The largest absolute Gasteiger partial charge is 0.474 e. The molecule has 3 rings (SSSR count). The van der Waals surface area contributed by atoms with Crippen molar-refractivity contribution in [3.63, 3.8) is 0 Å². The van der Waals surface area contributed by atoms with Gasteiger partial charge in [-0.2, -0.15) is 4.98 Å². The number of anilines is 1. The number of Topliss-reactive ketones (excluding diaryl/α,β-unsaturated/α-hetero) is 1. The lowest BCUT2D eigenvalue weighted by molar-refractivity contribution is -0.146. The van der Waals surface area contributed by atoms with Crippen molar-refractivity contribution in [1.82, 2.24) is 9.97 Å². The second kappa shape index (κ2) is 4.73. The van der Waals surface area contributed by atoms with E-state index in [9.17, 15) is 9.59 Å². The zero-order chi connectivity index (χ0) is 14.3. The van der Waals surface area contributed by atoms with Gasteiger partial charge in [0.25, 0.3) is 0 Å². The second-order valence-electron chi connectivity index (χ2n) is 4.86. The van der Waals surface area contributed by atoms with Gasteiger partial charge in [0.05, 0.1) is 12.6 Å². The fourth-order valence-corrected chi connectivity index (χ4v) is 2.56. The van der Waals surface area contributed by atoms with Gasteiger partial charge in [-0.25, -0.2) is 4.98 Å². The Kier molecular flexibility index (Phi) is 3.04. The van der Waals surface area contributed by atoms with Crippen LogP contribution < -0.4 is 9.64 Å². The van der Waals surface area contributed by atoms with E-state index in [1.54, 1.807) is 6.92 Å². The van der Waals surface area contributed by atoms with Crippen LogP contribution in [0.1, 0.15) is 24.3 Å². The van der Waals surface area contributed by atoms with E-state index >= 15 is 0 Å². The van der Waals surface area contributed by atoms with Gasteiger partial charge in [-0.1, -0.05) is 0 Å². The lowest BCUT2D eigenvalue weighted by atomic mass is 9.93. The third-order valence-corrected chi connectivity index (χ3v) is 3.57. The fourth-order valence-electron chi connectivity index (χ4n) is 2.56. The maximum atomic E-state index is 12.4. The Labute approximate surface area is 115 Å². The molecule has 2 aliphatic heterocycles. The van der Waals surface area contributed by atoms with E-state index in [0.29, 0.717) is 18.2 Å². The van der Waals surface area contributed by atoms with Gasteiger partial charge in [0.2, 0.25) is 5.88 Å². The Morgan fingerprint density at radius 1 is 1.55 bits per heavy atom. The van der Waals surface area contributed by atoms with Crippen LogP contribution in [0.3, 0.4) is 0 Å². The van der Waals surface area contributed by atoms with E-state index in [4.69, 9.17) is 9.47 Å². The molecular weight excluding hydrogens is 262 g/mol. The molecular formula is C13H15N3O4. The van der Waals surface area contributed by atoms with E-state index in [0.717, 1.165) is 0 Å². The lowest BCUT2D eigenvalue weighted by Crippen LogP contribution is -2.51. The predicted octanol–water partition coefficient (Wildman–Crippen LogP) is 0.440. The lowest BCUT2D eigenvalue weighted by Gasteiger charge is -2.40. The van der Waals surface area contributed by atoms with Crippen LogP contribution in [0, 0.1) is 5.92 Å². The molecule has 0 saturated carbocycles. The van der Waals surface area contributed by atoms with Gasteiger partial charge in [-0.15, -0.1) is 0 Å². The fraction of sp³-hybridized carbons (Fsp3) is 0.538. The van der Waals surface area contributed by atoms with Gasteiger partial charge in [-0.05, 0) is 13.8 Å². The van der Waals surface area contributed by atoms with Gasteiger partial charge in [0.15, 0.2) is 5.78 Å². The summed E-state index contributed by atoms with van der Waals surface area (Å²) in [6.07, 6.45) is 1.29. The van der Waals surface area contributed by atoms with Crippen LogP contribution in [0.4, 0.5) is 5.69 Å². The molecule has 2 atom stereocenters. The molecule has 7 heteroatoms. The summed E-state index contributed by atoms with van der Waals surface area (Å²) in [6.45, 7) is 4.69. The molecule has 0 bridgehead atoms. The molecule has 0 amide bonds. The molecule has 3 heterocycles. The molecule has 1 aromatic rings. The summed E-state index contributed by atoms with van der Waals surface area (Å²) >= 11 is 0. The first-order chi connectivity index (χ1) is 9.63. The van der Waals surface area contributed by atoms with E-state index in [-0.39, 0.29) is 30.7 Å². The zero-order valence-electron chi connectivity index (χ0n) is 11.3. The van der Waals surface area contributed by atoms with E-state index in [2.05, 4.69) is 9.97 Å². The quantitative estimate of drug-likeness (QED) is 0.573. The monoisotopic (exact) mass is 277 g/mol. The van der Waals surface area contributed by atoms with Crippen LogP contribution in [-0.4, -0.2) is 47.5 Å². The molecule has 0 radical (unpaired) electrons. The Hall–Kier alpha value is -2.18. The number of aromatic nitrogens is 2. The summed E-state index contributed by atoms with van der Waals surface area (Å²) in [6, 6.07) is 0.0530. The van der Waals surface area contributed by atoms with Crippen LogP contribution in [-0.2, 0) is 9.53 Å². The van der Waals surface area contributed by atoms with Gasteiger partial charge in [0, 0.05) is 6.54 Å². The molecule has 0 saturated heterocycles. The van der Waals surface area contributed by atoms with Gasteiger partial charge in [0.1, 0.15) is 30.2 Å².